The summed E-state index contributed by atoms with van der Waals surface area (Å²) in [7, 11) is 3.94. The summed E-state index contributed by atoms with van der Waals surface area (Å²) in [5.41, 5.74) is 2.39. The van der Waals surface area contributed by atoms with E-state index in [1.54, 1.807) is 7.11 Å². The monoisotopic (exact) mass is 391 g/mol. The number of ketones is 1. The molecule has 2 aliphatic carbocycles. The third-order valence-electron chi connectivity index (χ3n) is 7.52. The third kappa shape index (κ3) is 2.80. The van der Waals surface area contributed by atoms with Gasteiger partial charge >= 0.3 is 0 Å². The second kappa shape index (κ2) is 6.88. The number of fused-ring (bicyclic) bond motifs is 1. The molecule has 4 atom stereocenters. The molecule has 3 aliphatic rings. The van der Waals surface area contributed by atoms with Crippen LogP contribution in [0.3, 0.4) is 0 Å². The molecule has 152 valence electrons. The van der Waals surface area contributed by atoms with Crippen molar-refractivity contribution in [3.8, 4) is 17.2 Å². The van der Waals surface area contributed by atoms with Crippen LogP contribution in [0.15, 0.2) is 42.5 Å². The van der Waals surface area contributed by atoms with E-state index in [-0.39, 0.29) is 5.41 Å². The molecule has 0 radical (unpaired) electrons. The van der Waals surface area contributed by atoms with E-state index >= 15 is 0 Å². The average molecular weight is 392 g/mol. The van der Waals surface area contributed by atoms with Crippen molar-refractivity contribution >= 4 is 5.78 Å². The van der Waals surface area contributed by atoms with Gasteiger partial charge in [-0.05, 0) is 62.0 Å². The minimum atomic E-state index is -0.155. The van der Waals surface area contributed by atoms with Crippen LogP contribution in [0.1, 0.15) is 37.3 Å². The van der Waals surface area contributed by atoms with Crippen LogP contribution in [0.5, 0.6) is 17.2 Å². The van der Waals surface area contributed by atoms with Gasteiger partial charge in [0, 0.05) is 29.9 Å². The van der Waals surface area contributed by atoms with E-state index in [0.29, 0.717) is 36.5 Å². The van der Waals surface area contributed by atoms with Crippen LogP contribution in [-0.2, 0) is 16.6 Å². The standard InChI is InChI=1S/C25H29NO3/c1-16-13-18(27)15-25-11-12-26(2)20(22(16)25)14-17-9-10-21(28-3)24(23(17)25)29-19-7-5-4-6-8-19/h4-10,16,20,22H,11-15H2,1-3H3/t16-,20+,22-,25-/m1/s1. The summed E-state index contributed by atoms with van der Waals surface area (Å²) in [6, 6.07) is 14.6. The molecule has 1 heterocycles. The van der Waals surface area contributed by atoms with Crippen LogP contribution in [-0.4, -0.2) is 37.4 Å². The van der Waals surface area contributed by atoms with Gasteiger partial charge in [0.2, 0.25) is 0 Å². The smallest absolute Gasteiger partial charge is 0.173 e. The van der Waals surface area contributed by atoms with Crippen molar-refractivity contribution in [1.29, 1.82) is 0 Å². The molecular formula is C25H29NO3. The Labute approximate surface area is 172 Å². The van der Waals surface area contributed by atoms with Gasteiger partial charge < -0.3 is 14.4 Å². The highest BCUT2D eigenvalue weighted by atomic mass is 16.5. The molecule has 1 saturated carbocycles. The zero-order valence-corrected chi connectivity index (χ0v) is 17.5. The molecular weight excluding hydrogens is 362 g/mol. The summed E-state index contributed by atoms with van der Waals surface area (Å²) in [5.74, 6) is 3.61. The molecule has 0 amide bonds. The molecule has 4 heteroatoms. The first-order chi connectivity index (χ1) is 14.0. The van der Waals surface area contributed by atoms with Crippen molar-refractivity contribution in [2.45, 2.75) is 44.1 Å². The molecule has 2 fully saturated rings. The molecule has 29 heavy (non-hydrogen) atoms. The number of hydrogen-bond acceptors (Lipinski definition) is 4. The quantitative estimate of drug-likeness (QED) is 0.766. The van der Waals surface area contributed by atoms with Crippen molar-refractivity contribution in [2.24, 2.45) is 11.8 Å². The Morgan fingerprint density at radius 1 is 1.10 bits per heavy atom. The topological polar surface area (TPSA) is 38.8 Å². The summed E-state index contributed by atoms with van der Waals surface area (Å²) in [4.78, 5) is 15.4. The van der Waals surface area contributed by atoms with Crippen LogP contribution in [0, 0.1) is 11.8 Å². The van der Waals surface area contributed by atoms with Gasteiger partial charge in [-0.2, -0.15) is 0 Å². The lowest BCUT2D eigenvalue weighted by Gasteiger charge is -2.60. The maximum atomic E-state index is 12.9. The van der Waals surface area contributed by atoms with E-state index in [9.17, 15) is 4.79 Å². The van der Waals surface area contributed by atoms with Crippen LogP contribution in [0.2, 0.25) is 0 Å². The number of carbonyl (C=O) groups excluding carboxylic acids is 1. The lowest BCUT2D eigenvalue weighted by atomic mass is 9.49. The van der Waals surface area contributed by atoms with E-state index in [2.05, 4.69) is 24.9 Å². The van der Waals surface area contributed by atoms with Gasteiger partial charge in [0.15, 0.2) is 11.5 Å². The number of ether oxygens (including phenoxy) is 2. The van der Waals surface area contributed by atoms with Gasteiger partial charge in [0.05, 0.1) is 7.11 Å². The molecule has 2 aromatic rings. The minimum Gasteiger partial charge on any atom is -0.493 e. The van der Waals surface area contributed by atoms with Crippen molar-refractivity contribution in [3.63, 3.8) is 0 Å². The summed E-state index contributed by atoms with van der Waals surface area (Å²) >= 11 is 0. The zero-order valence-electron chi connectivity index (χ0n) is 17.5. The van der Waals surface area contributed by atoms with E-state index in [4.69, 9.17) is 9.47 Å². The number of carbonyl (C=O) groups is 1. The van der Waals surface area contributed by atoms with Gasteiger partial charge in [-0.3, -0.25) is 4.79 Å². The Morgan fingerprint density at radius 3 is 2.66 bits per heavy atom. The summed E-state index contributed by atoms with van der Waals surface area (Å²) < 4.78 is 12.2. The fraction of sp³-hybridized carbons (Fsp3) is 0.480. The zero-order chi connectivity index (χ0) is 20.2. The van der Waals surface area contributed by atoms with Crippen molar-refractivity contribution < 1.29 is 14.3 Å². The Kier molecular flexibility index (Phi) is 4.43. The van der Waals surface area contributed by atoms with Crippen molar-refractivity contribution in [1.82, 2.24) is 4.90 Å². The van der Waals surface area contributed by atoms with Gasteiger partial charge in [0.1, 0.15) is 11.5 Å². The number of rotatable bonds is 3. The molecule has 0 unspecified atom stereocenters. The first-order valence-electron chi connectivity index (χ1n) is 10.7. The summed E-state index contributed by atoms with van der Waals surface area (Å²) in [6.45, 7) is 3.29. The minimum absolute atomic E-state index is 0.155. The predicted molar refractivity (Wildman–Crippen MR) is 113 cm³/mol. The molecule has 5 rings (SSSR count). The average Bonchev–Trinajstić information content (AvgIpc) is 2.71. The molecule has 0 N–H and O–H groups in total. The van der Waals surface area contributed by atoms with Gasteiger partial charge in [-0.15, -0.1) is 0 Å². The number of likely N-dealkylation sites (N-methyl/N-ethyl adjacent to an activating group) is 1. The second-order valence-corrected chi connectivity index (χ2v) is 9.13. The number of nitrogens with zero attached hydrogens (tertiary/aromatic N) is 1. The van der Waals surface area contributed by atoms with E-state index < -0.39 is 0 Å². The first-order valence-corrected chi connectivity index (χ1v) is 10.7. The van der Waals surface area contributed by atoms with Crippen molar-refractivity contribution in [2.75, 3.05) is 20.7 Å². The van der Waals surface area contributed by atoms with Gasteiger partial charge in [0.25, 0.3) is 0 Å². The highest BCUT2D eigenvalue weighted by Crippen LogP contribution is 2.60. The number of benzene rings is 2. The van der Waals surface area contributed by atoms with Gasteiger partial charge in [-0.1, -0.05) is 31.2 Å². The van der Waals surface area contributed by atoms with Crippen LogP contribution < -0.4 is 9.47 Å². The third-order valence-corrected chi connectivity index (χ3v) is 7.52. The number of likely N-dealkylation sites (tertiary alicyclic amines) is 1. The number of methoxy groups -OCH3 is 1. The molecule has 2 aromatic carbocycles. The Hall–Kier alpha value is -2.33. The highest BCUT2D eigenvalue weighted by molar-refractivity contribution is 5.82. The van der Waals surface area contributed by atoms with E-state index in [0.717, 1.165) is 36.6 Å². The van der Waals surface area contributed by atoms with Gasteiger partial charge in [-0.25, -0.2) is 0 Å². The lowest BCUT2D eigenvalue weighted by molar-refractivity contribution is -0.130. The van der Waals surface area contributed by atoms with E-state index in [1.165, 1.54) is 11.1 Å². The number of Topliss-reactive ketones (excluding diaryl/α,β-unsaturated/α-hetero) is 1. The molecule has 0 aromatic heterocycles. The largest absolute Gasteiger partial charge is 0.493 e. The second-order valence-electron chi connectivity index (χ2n) is 9.13. The fourth-order valence-electron chi connectivity index (χ4n) is 6.47. The number of hydrogen-bond donors (Lipinski definition) is 0. The Morgan fingerprint density at radius 2 is 1.90 bits per heavy atom. The SMILES string of the molecule is COc1ccc2c(c1Oc1ccccc1)[C@@]13CCN(C)[C@@H](C2)[C@H]1[C@H](C)CC(=O)C3. The molecule has 1 saturated heterocycles. The van der Waals surface area contributed by atoms with Crippen LogP contribution >= 0.6 is 0 Å². The van der Waals surface area contributed by atoms with Crippen LogP contribution in [0.4, 0.5) is 0 Å². The summed E-state index contributed by atoms with van der Waals surface area (Å²) in [6.07, 6.45) is 3.32. The molecule has 2 bridgehead atoms. The Bertz CT molecular complexity index is 941. The fourth-order valence-corrected chi connectivity index (χ4v) is 6.47. The highest BCUT2D eigenvalue weighted by Gasteiger charge is 2.58. The number of piperidine rings is 1. The number of para-hydroxylation sites is 1. The van der Waals surface area contributed by atoms with E-state index in [1.807, 2.05) is 36.4 Å². The summed E-state index contributed by atoms with van der Waals surface area (Å²) in [5, 5.41) is 0. The molecule has 4 nitrogen and oxygen atoms in total. The first kappa shape index (κ1) is 18.7. The molecule has 1 aliphatic heterocycles. The van der Waals surface area contributed by atoms with Crippen LogP contribution in [0.25, 0.3) is 0 Å². The lowest BCUT2D eigenvalue weighted by Crippen LogP contribution is -2.63. The van der Waals surface area contributed by atoms with Crippen molar-refractivity contribution in [3.05, 3.63) is 53.6 Å². The maximum Gasteiger partial charge on any atom is 0.173 e. The predicted octanol–water partition coefficient (Wildman–Crippen LogP) is 4.60. The molecule has 0 spiro atoms. The Balaban J connectivity index is 1.73. The normalized spacial score (nSPS) is 31.0. The maximum absolute atomic E-state index is 12.9.